The largest absolute Gasteiger partial charge is 0.494 e. The molecule has 3 heteroatoms. The van der Waals surface area contributed by atoms with E-state index in [1.165, 1.54) is 90.6 Å². The molecule has 0 N–H and O–H groups in total. The zero-order valence-electron chi connectivity index (χ0n) is 19.2. The molecule has 0 spiro atoms. The van der Waals surface area contributed by atoms with Gasteiger partial charge in [0.1, 0.15) is 5.75 Å². The Morgan fingerprint density at radius 1 is 0.724 bits per heavy atom. The lowest BCUT2D eigenvalue weighted by Crippen LogP contribution is -2.01. The van der Waals surface area contributed by atoms with Gasteiger partial charge in [-0.25, -0.2) is 4.79 Å². The van der Waals surface area contributed by atoms with E-state index in [9.17, 15) is 4.79 Å². The number of rotatable bonds is 18. The van der Waals surface area contributed by atoms with Crippen LogP contribution in [0.15, 0.2) is 24.3 Å². The first kappa shape index (κ1) is 25.5. The van der Waals surface area contributed by atoms with Gasteiger partial charge in [0.2, 0.25) is 0 Å². The third kappa shape index (κ3) is 14.2. The molecular formula is C26H44O3. The van der Waals surface area contributed by atoms with Crippen molar-refractivity contribution in [1.29, 1.82) is 0 Å². The molecule has 1 rings (SSSR count). The second-order valence-corrected chi connectivity index (χ2v) is 8.64. The SMILES string of the molecule is COC(=O)c1ccc(OCCCCCCCCCCCCCCCC(C)C)cc1. The van der Waals surface area contributed by atoms with Crippen molar-refractivity contribution < 1.29 is 14.3 Å². The van der Waals surface area contributed by atoms with Gasteiger partial charge in [-0.1, -0.05) is 97.3 Å². The second kappa shape index (κ2) is 17.4. The summed E-state index contributed by atoms with van der Waals surface area (Å²) in [5.41, 5.74) is 0.557. The lowest BCUT2D eigenvalue weighted by molar-refractivity contribution is 0.0600. The summed E-state index contributed by atoms with van der Waals surface area (Å²) in [6, 6.07) is 7.15. The molecule has 0 amide bonds. The van der Waals surface area contributed by atoms with E-state index in [-0.39, 0.29) is 5.97 Å². The third-order valence-corrected chi connectivity index (χ3v) is 5.47. The number of methoxy groups -OCH3 is 1. The number of hydrogen-bond acceptors (Lipinski definition) is 3. The minimum absolute atomic E-state index is 0.311. The van der Waals surface area contributed by atoms with Crippen molar-refractivity contribution in [2.75, 3.05) is 13.7 Å². The summed E-state index contributed by atoms with van der Waals surface area (Å²) in [6.45, 7) is 5.39. The van der Waals surface area contributed by atoms with Crippen LogP contribution in [0, 0.1) is 5.92 Å². The minimum Gasteiger partial charge on any atom is -0.494 e. The molecule has 0 aliphatic carbocycles. The van der Waals surface area contributed by atoms with Crippen LogP contribution < -0.4 is 4.74 Å². The summed E-state index contributed by atoms with van der Waals surface area (Å²) < 4.78 is 10.4. The van der Waals surface area contributed by atoms with Crippen molar-refractivity contribution in [3.05, 3.63) is 29.8 Å². The Bertz CT molecular complexity index is 507. The van der Waals surface area contributed by atoms with Crippen molar-refractivity contribution >= 4 is 5.97 Å². The van der Waals surface area contributed by atoms with E-state index < -0.39 is 0 Å². The number of carbonyl (C=O) groups is 1. The number of esters is 1. The van der Waals surface area contributed by atoms with Gasteiger partial charge in [-0.05, 0) is 36.6 Å². The zero-order valence-corrected chi connectivity index (χ0v) is 19.2. The predicted molar refractivity (Wildman–Crippen MR) is 123 cm³/mol. The molecule has 0 atom stereocenters. The van der Waals surface area contributed by atoms with Crippen molar-refractivity contribution in [2.24, 2.45) is 5.92 Å². The van der Waals surface area contributed by atoms with E-state index in [1.54, 1.807) is 12.1 Å². The molecule has 0 aliphatic heterocycles. The van der Waals surface area contributed by atoms with Gasteiger partial charge in [0.15, 0.2) is 0 Å². The molecule has 0 radical (unpaired) electrons. The zero-order chi connectivity index (χ0) is 21.2. The molecule has 0 bridgehead atoms. The van der Waals surface area contributed by atoms with Crippen molar-refractivity contribution in [1.82, 2.24) is 0 Å². The number of unbranched alkanes of at least 4 members (excludes halogenated alkanes) is 12. The molecule has 1 aromatic carbocycles. The number of ether oxygens (including phenoxy) is 2. The summed E-state index contributed by atoms with van der Waals surface area (Å²) in [5.74, 6) is 1.38. The van der Waals surface area contributed by atoms with Crippen LogP contribution in [-0.2, 0) is 4.74 Å². The van der Waals surface area contributed by atoms with Crippen LogP contribution >= 0.6 is 0 Å². The fourth-order valence-corrected chi connectivity index (χ4v) is 3.59. The van der Waals surface area contributed by atoms with Crippen molar-refractivity contribution in [3.8, 4) is 5.75 Å². The molecule has 0 aromatic heterocycles. The molecule has 0 heterocycles. The Morgan fingerprint density at radius 3 is 1.62 bits per heavy atom. The van der Waals surface area contributed by atoms with E-state index in [2.05, 4.69) is 13.8 Å². The van der Waals surface area contributed by atoms with E-state index in [4.69, 9.17) is 9.47 Å². The maximum absolute atomic E-state index is 11.4. The number of hydrogen-bond donors (Lipinski definition) is 0. The monoisotopic (exact) mass is 404 g/mol. The summed E-state index contributed by atoms with van der Waals surface area (Å²) in [6.07, 6.45) is 19.1. The van der Waals surface area contributed by atoms with Crippen LogP contribution in [0.3, 0.4) is 0 Å². The Kier molecular flexibility index (Phi) is 15.3. The molecule has 0 fully saturated rings. The van der Waals surface area contributed by atoms with E-state index in [0.29, 0.717) is 5.56 Å². The normalized spacial score (nSPS) is 11.0. The molecule has 0 saturated heterocycles. The highest BCUT2D eigenvalue weighted by molar-refractivity contribution is 5.89. The van der Waals surface area contributed by atoms with Crippen molar-refractivity contribution in [2.45, 2.75) is 104 Å². The van der Waals surface area contributed by atoms with Gasteiger partial charge in [0.05, 0.1) is 19.3 Å². The Morgan fingerprint density at radius 2 is 1.17 bits per heavy atom. The van der Waals surface area contributed by atoms with Crippen LogP contribution in [-0.4, -0.2) is 19.7 Å². The second-order valence-electron chi connectivity index (χ2n) is 8.64. The summed E-state index contributed by atoms with van der Waals surface area (Å²) in [5, 5.41) is 0. The third-order valence-electron chi connectivity index (χ3n) is 5.47. The van der Waals surface area contributed by atoms with Gasteiger partial charge >= 0.3 is 5.97 Å². The van der Waals surface area contributed by atoms with Crippen molar-refractivity contribution in [3.63, 3.8) is 0 Å². The quantitative estimate of drug-likeness (QED) is 0.184. The average molecular weight is 405 g/mol. The Hall–Kier alpha value is -1.51. The summed E-state index contributed by atoms with van der Waals surface area (Å²) in [4.78, 5) is 11.4. The fraction of sp³-hybridized carbons (Fsp3) is 0.731. The smallest absolute Gasteiger partial charge is 0.337 e. The van der Waals surface area contributed by atoms with Gasteiger partial charge in [0.25, 0.3) is 0 Å². The van der Waals surface area contributed by atoms with Gasteiger partial charge in [0, 0.05) is 0 Å². The van der Waals surface area contributed by atoms with E-state index >= 15 is 0 Å². The molecule has 1 aromatic rings. The summed E-state index contributed by atoms with van der Waals surface area (Å²) in [7, 11) is 1.39. The molecular weight excluding hydrogens is 360 g/mol. The minimum atomic E-state index is -0.311. The maximum atomic E-state index is 11.4. The molecule has 0 unspecified atom stereocenters. The first-order valence-electron chi connectivity index (χ1n) is 11.9. The Labute approximate surface area is 179 Å². The van der Waals surface area contributed by atoms with Gasteiger partial charge in [-0.15, -0.1) is 0 Å². The van der Waals surface area contributed by atoms with Crippen LogP contribution in [0.1, 0.15) is 114 Å². The lowest BCUT2D eigenvalue weighted by Gasteiger charge is -2.07. The highest BCUT2D eigenvalue weighted by atomic mass is 16.5. The Balaban J connectivity index is 1.83. The summed E-state index contributed by atoms with van der Waals surface area (Å²) >= 11 is 0. The van der Waals surface area contributed by atoms with E-state index in [0.717, 1.165) is 24.7 Å². The molecule has 0 aliphatic rings. The average Bonchev–Trinajstić information content (AvgIpc) is 2.73. The van der Waals surface area contributed by atoms with Gasteiger partial charge < -0.3 is 9.47 Å². The van der Waals surface area contributed by atoms with Crippen LogP contribution in [0.25, 0.3) is 0 Å². The molecule has 29 heavy (non-hydrogen) atoms. The first-order valence-corrected chi connectivity index (χ1v) is 11.9. The molecule has 0 saturated carbocycles. The molecule has 3 nitrogen and oxygen atoms in total. The van der Waals surface area contributed by atoms with Gasteiger partial charge in [-0.3, -0.25) is 0 Å². The lowest BCUT2D eigenvalue weighted by atomic mass is 10.0. The highest BCUT2D eigenvalue weighted by Crippen LogP contribution is 2.16. The number of carbonyl (C=O) groups excluding carboxylic acids is 1. The fourth-order valence-electron chi connectivity index (χ4n) is 3.59. The number of benzene rings is 1. The highest BCUT2D eigenvalue weighted by Gasteiger charge is 2.04. The maximum Gasteiger partial charge on any atom is 0.337 e. The van der Waals surface area contributed by atoms with E-state index in [1.807, 2.05) is 12.1 Å². The van der Waals surface area contributed by atoms with Gasteiger partial charge in [-0.2, -0.15) is 0 Å². The first-order chi connectivity index (χ1) is 14.1. The van der Waals surface area contributed by atoms with Crippen LogP contribution in [0.2, 0.25) is 0 Å². The topological polar surface area (TPSA) is 35.5 Å². The van der Waals surface area contributed by atoms with Crippen LogP contribution in [0.5, 0.6) is 5.75 Å². The standard InChI is InChI=1S/C26H44O3/c1-23(2)17-15-13-11-9-7-5-4-6-8-10-12-14-16-22-29-25-20-18-24(19-21-25)26(27)28-3/h18-21,23H,4-17,22H2,1-3H3. The predicted octanol–water partition coefficient (Wildman–Crippen LogP) is 7.97. The molecule has 166 valence electrons. The van der Waals surface area contributed by atoms with Crippen LogP contribution in [0.4, 0.5) is 0 Å².